The highest BCUT2D eigenvalue weighted by atomic mass is 19.1. The smallest absolute Gasteiger partial charge is 0.251 e. The highest BCUT2D eigenvalue weighted by Gasteiger charge is 2.27. The van der Waals surface area contributed by atoms with E-state index in [0.717, 1.165) is 68.0 Å². The monoisotopic (exact) mass is 566 g/mol. The van der Waals surface area contributed by atoms with Crippen molar-refractivity contribution >= 4 is 23.8 Å². The Hall–Kier alpha value is -4.12. The van der Waals surface area contributed by atoms with Gasteiger partial charge in [-0.3, -0.25) is 10.2 Å². The summed E-state index contributed by atoms with van der Waals surface area (Å²) in [7, 11) is 0. The fraction of sp³-hybridized carbons (Fsp3) is 0.400. The summed E-state index contributed by atoms with van der Waals surface area (Å²) in [4.78, 5) is 24.0. The Kier molecular flexibility index (Phi) is 10.2. The van der Waals surface area contributed by atoms with Gasteiger partial charge in [0.05, 0.1) is 18.3 Å². The molecule has 2 unspecified atom stereocenters. The molecule has 2 heterocycles. The van der Waals surface area contributed by atoms with Crippen molar-refractivity contribution in [1.29, 1.82) is 5.41 Å². The minimum Gasteiger partial charge on any atom is -0.445 e. The molecule has 2 aromatic carbocycles. The SMILES string of the molecule is CCCCN1CCCc2c(-c3ncco3)cc(C(=O)NC(Cc3cc(F)cc(F)c3)C(O)CCC(N)=NC=N)cc21. The van der Waals surface area contributed by atoms with Crippen LogP contribution in [0.2, 0.25) is 0 Å². The molecule has 11 heteroatoms. The van der Waals surface area contributed by atoms with Gasteiger partial charge in [-0.05, 0) is 67.5 Å². The van der Waals surface area contributed by atoms with Gasteiger partial charge in [-0.15, -0.1) is 0 Å². The Balaban J connectivity index is 1.66. The lowest BCUT2D eigenvalue weighted by Gasteiger charge is -2.33. The van der Waals surface area contributed by atoms with Gasteiger partial charge in [0.1, 0.15) is 30.1 Å². The molecule has 1 aromatic heterocycles. The molecule has 3 aromatic rings. The Labute approximate surface area is 238 Å². The molecular weight excluding hydrogens is 530 g/mol. The molecule has 1 amide bonds. The number of carbonyl (C=O) groups is 1. The van der Waals surface area contributed by atoms with Crippen LogP contribution in [0.4, 0.5) is 14.5 Å². The zero-order valence-corrected chi connectivity index (χ0v) is 23.1. The highest BCUT2D eigenvalue weighted by molar-refractivity contribution is 5.97. The van der Waals surface area contributed by atoms with Crippen LogP contribution < -0.4 is 16.0 Å². The van der Waals surface area contributed by atoms with E-state index in [1.165, 1.54) is 18.4 Å². The fourth-order valence-electron chi connectivity index (χ4n) is 5.19. The van der Waals surface area contributed by atoms with Crippen LogP contribution in [-0.2, 0) is 12.8 Å². The molecule has 0 radical (unpaired) electrons. The highest BCUT2D eigenvalue weighted by Crippen LogP contribution is 2.36. The van der Waals surface area contributed by atoms with Crippen LogP contribution in [0.25, 0.3) is 11.5 Å². The van der Waals surface area contributed by atoms with Gasteiger partial charge < -0.3 is 25.5 Å². The Morgan fingerprint density at radius 2 is 2.07 bits per heavy atom. The second-order valence-electron chi connectivity index (χ2n) is 10.2. The molecule has 0 fully saturated rings. The molecule has 0 aliphatic carbocycles. The summed E-state index contributed by atoms with van der Waals surface area (Å²) in [6.45, 7) is 3.85. The number of nitrogens with zero attached hydrogens (tertiary/aromatic N) is 3. The van der Waals surface area contributed by atoms with Gasteiger partial charge in [-0.1, -0.05) is 13.3 Å². The van der Waals surface area contributed by atoms with Gasteiger partial charge in [0.2, 0.25) is 5.89 Å². The van der Waals surface area contributed by atoms with E-state index in [-0.39, 0.29) is 30.7 Å². The molecule has 41 heavy (non-hydrogen) atoms. The van der Waals surface area contributed by atoms with Crippen molar-refractivity contribution < 1.29 is 23.1 Å². The first-order valence-corrected chi connectivity index (χ1v) is 13.9. The van der Waals surface area contributed by atoms with Crippen molar-refractivity contribution in [3.8, 4) is 11.5 Å². The number of nitrogens with two attached hydrogens (primary N) is 1. The van der Waals surface area contributed by atoms with Gasteiger partial charge in [0, 0.05) is 42.4 Å². The van der Waals surface area contributed by atoms with Crippen molar-refractivity contribution in [1.82, 2.24) is 10.3 Å². The molecule has 4 rings (SSSR count). The van der Waals surface area contributed by atoms with Crippen LogP contribution in [0.5, 0.6) is 0 Å². The van der Waals surface area contributed by atoms with E-state index in [4.69, 9.17) is 15.6 Å². The second-order valence-corrected chi connectivity index (χ2v) is 10.2. The molecule has 0 saturated heterocycles. The first-order valence-electron chi connectivity index (χ1n) is 13.9. The lowest BCUT2D eigenvalue weighted by molar-refractivity contribution is 0.0818. The number of aliphatic hydroxyl groups excluding tert-OH is 1. The number of benzene rings is 2. The number of oxazole rings is 1. The number of amidine groups is 1. The summed E-state index contributed by atoms with van der Waals surface area (Å²) in [6.07, 6.45) is 6.83. The normalized spacial score (nSPS) is 14.8. The van der Waals surface area contributed by atoms with Crippen molar-refractivity contribution in [3.63, 3.8) is 0 Å². The summed E-state index contributed by atoms with van der Waals surface area (Å²) >= 11 is 0. The van der Waals surface area contributed by atoms with Gasteiger partial charge in [-0.2, -0.15) is 0 Å². The number of hydrogen-bond donors (Lipinski definition) is 4. The van der Waals surface area contributed by atoms with E-state index in [1.54, 1.807) is 12.3 Å². The number of carbonyl (C=O) groups excluding carboxylic acids is 1. The summed E-state index contributed by atoms with van der Waals surface area (Å²) in [5, 5.41) is 21.0. The number of amides is 1. The van der Waals surface area contributed by atoms with Gasteiger partial charge >= 0.3 is 0 Å². The molecule has 2 atom stereocenters. The predicted molar refractivity (Wildman–Crippen MR) is 154 cm³/mol. The number of unbranched alkanes of at least 4 members (excludes halogenated alkanes) is 1. The lowest BCUT2D eigenvalue weighted by Crippen LogP contribution is -2.45. The minimum atomic E-state index is -1.12. The molecule has 0 saturated carbocycles. The van der Waals surface area contributed by atoms with Crippen LogP contribution in [-0.4, -0.2) is 53.4 Å². The van der Waals surface area contributed by atoms with E-state index in [9.17, 15) is 18.7 Å². The molecule has 1 aliphatic rings. The standard InChI is InChI=1S/C30H36F2N6O3/c1-2-3-9-38-10-4-5-23-24(30-35-8-11-41-30)15-20(16-26(23)38)29(40)37-25(27(39)6-7-28(34)36-18-33)14-19-12-21(31)17-22(32)13-19/h8,11-13,15-18,25,27,39H,2-7,9-10,14H2,1H3,(H,37,40)(H3,33,34,36). The van der Waals surface area contributed by atoms with Crippen LogP contribution >= 0.6 is 0 Å². The van der Waals surface area contributed by atoms with Crippen LogP contribution in [0.1, 0.15) is 60.5 Å². The van der Waals surface area contributed by atoms with Crippen molar-refractivity contribution in [2.24, 2.45) is 10.7 Å². The number of rotatable bonds is 13. The number of aromatic nitrogens is 1. The number of aliphatic hydroxyl groups is 1. The maximum absolute atomic E-state index is 13.9. The van der Waals surface area contributed by atoms with Gasteiger partial charge in [0.25, 0.3) is 5.91 Å². The zero-order chi connectivity index (χ0) is 29.4. The quantitative estimate of drug-likeness (QED) is 0.176. The fourth-order valence-corrected chi connectivity index (χ4v) is 5.19. The van der Waals surface area contributed by atoms with Crippen LogP contribution in [0, 0.1) is 17.0 Å². The predicted octanol–water partition coefficient (Wildman–Crippen LogP) is 4.62. The van der Waals surface area contributed by atoms with Crippen molar-refractivity contribution in [2.45, 2.75) is 64.0 Å². The van der Waals surface area contributed by atoms with E-state index in [2.05, 4.69) is 27.1 Å². The molecular formula is C30H36F2N6O3. The molecule has 1 aliphatic heterocycles. The lowest BCUT2D eigenvalue weighted by atomic mass is 9.92. The van der Waals surface area contributed by atoms with Gasteiger partial charge in [-0.25, -0.2) is 18.8 Å². The number of anilines is 1. The van der Waals surface area contributed by atoms with E-state index < -0.39 is 29.7 Å². The van der Waals surface area contributed by atoms with Crippen LogP contribution in [0.3, 0.4) is 0 Å². The second kappa shape index (κ2) is 14.0. The number of hydrogen-bond acceptors (Lipinski definition) is 6. The van der Waals surface area contributed by atoms with E-state index in [1.807, 2.05) is 6.07 Å². The first-order chi connectivity index (χ1) is 19.8. The summed E-state index contributed by atoms with van der Waals surface area (Å²) in [5.41, 5.74) is 9.16. The van der Waals surface area contributed by atoms with Crippen LogP contribution in [0.15, 0.2) is 52.2 Å². The average Bonchev–Trinajstić information content (AvgIpc) is 3.48. The summed E-state index contributed by atoms with van der Waals surface area (Å²) in [5.74, 6) is -1.39. The Morgan fingerprint density at radius 3 is 2.76 bits per heavy atom. The Bertz CT molecular complexity index is 1360. The third-order valence-electron chi connectivity index (χ3n) is 7.21. The third kappa shape index (κ3) is 7.75. The summed E-state index contributed by atoms with van der Waals surface area (Å²) < 4.78 is 33.5. The number of halogens is 2. The zero-order valence-electron chi connectivity index (χ0n) is 23.1. The Morgan fingerprint density at radius 1 is 1.29 bits per heavy atom. The third-order valence-corrected chi connectivity index (χ3v) is 7.21. The number of aliphatic imine (C=N–C) groups is 1. The topological polar surface area (TPSA) is 141 Å². The summed E-state index contributed by atoms with van der Waals surface area (Å²) in [6, 6.07) is 5.81. The van der Waals surface area contributed by atoms with E-state index in [0.29, 0.717) is 11.5 Å². The van der Waals surface area contributed by atoms with Gasteiger partial charge in [0.15, 0.2) is 0 Å². The molecule has 0 spiro atoms. The number of fused-ring (bicyclic) bond motifs is 1. The maximum Gasteiger partial charge on any atom is 0.251 e. The van der Waals surface area contributed by atoms with Crippen molar-refractivity contribution in [3.05, 3.63) is 71.1 Å². The van der Waals surface area contributed by atoms with E-state index >= 15 is 0 Å². The largest absolute Gasteiger partial charge is 0.445 e. The van der Waals surface area contributed by atoms with Crippen molar-refractivity contribution in [2.75, 3.05) is 18.0 Å². The minimum absolute atomic E-state index is 0.0244. The average molecular weight is 567 g/mol. The maximum atomic E-state index is 13.9. The molecule has 218 valence electrons. The molecule has 9 nitrogen and oxygen atoms in total. The number of nitrogens with one attached hydrogen (secondary N) is 2. The molecule has 5 N–H and O–H groups in total. The molecule has 0 bridgehead atoms. The first kappa shape index (κ1) is 29.9.